The molecule has 29 heavy (non-hydrogen) atoms. The molecule has 0 aromatic carbocycles. The summed E-state index contributed by atoms with van der Waals surface area (Å²) in [6.45, 7) is 4.40. The Hall–Kier alpha value is -3.49. The Morgan fingerprint density at radius 2 is 1.97 bits per heavy atom. The molecular weight excluding hydrogens is 368 g/mol. The lowest BCUT2D eigenvalue weighted by Crippen LogP contribution is -2.37. The molecule has 5 heterocycles. The molecular formula is C20H22N8O. The van der Waals surface area contributed by atoms with Crippen molar-refractivity contribution in [2.75, 3.05) is 18.0 Å². The predicted molar refractivity (Wildman–Crippen MR) is 108 cm³/mol. The number of aromatic nitrogens is 7. The zero-order chi connectivity index (χ0) is 19.8. The summed E-state index contributed by atoms with van der Waals surface area (Å²) in [5.74, 6) is 2.03. The third kappa shape index (κ3) is 3.39. The van der Waals surface area contributed by atoms with Crippen LogP contribution >= 0.6 is 0 Å². The molecule has 1 saturated heterocycles. The summed E-state index contributed by atoms with van der Waals surface area (Å²) in [6, 6.07) is 7.17. The van der Waals surface area contributed by atoms with Crippen molar-refractivity contribution < 1.29 is 0 Å². The molecule has 0 bridgehead atoms. The average molecular weight is 390 g/mol. The first-order valence-electron chi connectivity index (χ1n) is 9.81. The largest absolute Gasteiger partial charge is 0.355 e. The van der Waals surface area contributed by atoms with Crippen molar-refractivity contribution in [2.45, 2.75) is 26.3 Å². The van der Waals surface area contributed by atoms with Gasteiger partial charge in [0.15, 0.2) is 11.6 Å². The predicted octanol–water partition coefficient (Wildman–Crippen LogP) is 1.70. The van der Waals surface area contributed by atoms with Gasteiger partial charge in [0.25, 0.3) is 5.56 Å². The molecule has 4 aromatic heterocycles. The Morgan fingerprint density at radius 1 is 1.10 bits per heavy atom. The van der Waals surface area contributed by atoms with Gasteiger partial charge in [0, 0.05) is 50.5 Å². The van der Waals surface area contributed by atoms with Crippen molar-refractivity contribution in [2.24, 2.45) is 5.92 Å². The van der Waals surface area contributed by atoms with E-state index in [-0.39, 0.29) is 5.56 Å². The number of rotatable bonds is 4. The Balaban J connectivity index is 1.30. The van der Waals surface area contributed by atoms with Crippen LogP contribution in [0.15, 0.2) is 53.8 Å². The molecule has 0 amide bonds. The number of nitrogens with zero attached hydrogens (tertiary/aromatic N) is 8. The maximum atomic E-state index is 12.3. The van der Waals surface area contributed by atoms with E-state index >= 15 is 0 Å². The topological polar surface area (TPSA) is 86.1 Å². The second kappa shape index (κ2) is 7.16. The highest BCUT2D eigenvalue weighted by atomic mass is 16.1. The van der Waals surface area contributed by atoms with Gasteiger partial charge in [0.05, 0.1) is 5.69 Å². The lowest BCUT2D eigenvalue weighted by Gasteiger charge is -2.33. The molecule has 9 heteroatoms. The highest BCUT2D eigenvalue weighted by Crippen LogP contribution is 2.26. The molecule has 0 unspecified atom stereocenters. The van der Waals surface area contributed by atoms with Gasteiger partial charge in [0.1, 0.15) is 5.52 Å². The van der Waals surface area contributed by atoms with E-state index in [2.05, 4.69) is 31.2 Å². The molecule has 0 saturated carbocycles. The summed E-state index contributed by atoms with van der Waals surface area (Å²) in [5, 5.41) is 13.2. The maximum Gasteiger partial charge on any atom is 0.266 e. The summed E-state index contributed by atoms with van der Waals surface area (Å²) < 4.78 is 5.11. The number of hydrogen-bond acceptors (Lipinski definition) is 6. The van der Waals surface area contributed by atoms with Gasteiger partial charge in [-0.1, -0.05) is 0 Å². The first-order chi connectivity index (χ1) is 14.2. The van der Waals surface area contributed by atoms with E-state index < -0.39 is 0 Å². The lowest BCUT2D eigenvalue weighted by molar-refractivity contribution is 0.334. The van der Waals surface area contributed by atoms with Gasteiger partial charge in [-0.15, -0.1) is 5.10 Å². The van der Waals surface area contributed by atoms with Gasteiger partial charge in [-0.25, -0.2) is 18.9 Å². The van der Waals surface area contributed by atoms with E-state index in [1.54, 1.807) is 33.9 Å². The van der Waals surface area contributed by atoms with Gasteiger partial charge < -0.3 is 4.90 Å². The fraction of sp³-hybridized carbons (Fsp3) is 0.350. The van der Waals surface area contributed by atoms with Crippen LogP contribution in [0.5, 0.6) is 0 Å². The molecule has 1 fully saturated rings. The van der Waals surface area contributed by atoms with Gasteiger partial charge in [-0.3, -0.25) is 4.79 Å². The van der Waals surface area contributed by atoms with Crippen LogP contribution in [0, 0.1) is 12.8 Å². The summed E-state index contributed by atoms with van der Waals surface area (Å²) in [7, 11) is 0. The van der Waals surface area contributed by atoms with E-state index in [0.29, 0.717) is 18.3 Å². The summed E-state index contributed by atoms with van der Waals surface area (Å²) >= 11 is 0. The van der Waals surface area contributed by atoms with Gasteiger partial charge in [-0.05, 0) is 43.9 Å². The van der Waals surface area contributed by atoms with Gasteiger partial charge >= 0.3 is 0 Å². The average Bonchev–Trinajstić information content (AvgIpc) is 3.39. The second-order valence-electron chi connectivity index (χ2n) is 7.46. The van der Waals surface area contributed by atoms with Crippen LogP contribution in [0.3, 0.4) is 0 Å². The van der Waals surface area contributed by atoms with Gasteiger partial charge in [-0.2, -0.15) is 10.2 Å². The van der Waals surface area contributed by atoms with Crippen molar-refractivity contribution in [3.63, 3.8) is 0 Å². The highest BCUT2D eigenvalue weighted by Gasteiger charge is 2.23. The van der Waals surface area contributed by atoms with E-state index in [9.17, 15) is 4.79 Å². The molecule has 0 radical (unpaired) electrons. The molecule has 1 aliphatic heterocycles. The molecule has 148 valence electrons. The van der Waals surface area contributed by atoms with E-state index in [4.69, 9.17) is 0 Å². The second-order valence-corrected chi connectivity index (χ2v) is 7.46. The first-order valence-corrected chi connectivity index (χ1v) is 9.81. The number of hydrogen-bond donors (Lipinski definition) is 0. The normalized spacial score (nSPS) is 15.3. The monoisotopic (exact) mass is 390 g/mol. The Kier molecular flexibility index (Phi) is 4.34. The van der Waals surface area contributed by atoms with Crippen LogP contribution in [0.25, 0.3) is 11.3 Å². The smallest absolute Gasteiger partial charge is 0.266 e. The fourth-order valence-electron chi connectivity index (χ4n) is 3.94. The molecule has 0 spiro atoms. The van der Waals surface area contributed by atoms with Crippen LogP contribution in [0.2, 0.25) is 0 Å². The van der Waals surface area contributed by atoms with E-state index in [1.165, 1.54) is 0 Å². The maximum absolute atomic E-state index is 12.3. The van der Waals surface area contributed by atoms with Crippen molar-refractivity contribution in [3.05, 3.63) is 65.1 Å². The van der Waals surface area contributed by atoms with Crippen LogP contribution in [-0.2, 0) is 6.54 Å². The lowest BCUT2D eigenvalue weighted by atomic mass is 9.97. The van der Waals surface area contributed by atoms with Crippen LogP contribution < -0.4 is 10.5 Å². The zero-order valence-corrected chi connectivity index (χ0v) is 16.2. The Labute approximate surface area is 167 Å². The number of piperidine rings is 1. The molecule has 9 nitrogen and oxygen atoms in total. The minimum absolute atomic E-state index is 0.0792. The number of fused-ring (bicyclic) bond motifs is 1. The molecule has 1 aliphatic rings. The molecule has 5 rings (SSSR count). The molecule has 0 aliphatic carbocycles. The fourth-order valence-corrected chi connectivity index (χ4v) is 3.94. The van der Waals surface area contributed by atoms with Gasteiger partial charge in [0.2, 0.25) is 0 Å². The molecule has 0 atom stereocenters. The third-order valence-electron chi connectivity index (χ3n) is 5.43. The summed E-state index contributed by atoms with van der Waals surface area (Å²) in [5.41, 5.74) is 1.94. The van der Waals surface area contributed by atoms with Crippen molar-refractivity contribution in [1.29, 1.82) is 0 Å². The number of aryl methyl sites for hydroxylation is 1. The third-order valence-corrected chi connectivity index (χ3v) is 5.43. The van der Waals surface area contributed by atoms with Crippen molar-refractivity contribution >= 4 is 11.3 Å². The van der Waals surface area contributed by atoms with E-state index in [0.717, 1.165) is 43.0 Å². The quantitative estimate of drug-likeness (QED) is 0.527. The standard InChI is InChI=1S/C20H22N8O/c1-15-13-17-20(21-8-12-26(17)23-15)25-10-5-16(6-11-25)14-28-19(29)4-3-18(24-28)27-9-2-7-22-27/h2-4,7-9,12-13,16H,5-6,10-11,14H2,1H3. The van der Waals surface area contributed by atoms with Crippen LogP contribution in [-0.4, -0.2) is 47.2 Å². The van der Waals surface area contributed by atoms with Crippen molar-refractivity contribution in [1.82, 2.24) is 34.2 Å². The summed E-state index contributed by atoms with van der Waals surface area (Å²) in [4.78, 5) is 19.2. The van der Waals surface area contributed by atoms with Crippen LogP contribution in [0.4, 0.5) is 5.82 Å². The Morgan fingerprint density at radius 3 is 2.76 bits per heavy atom. The first kappa shape index (κ1) is 17.6. The zero-order valence-electron chi connectivity index (χ0n) is 16.2. The minimum Gasteiger partial charge on any atom is -0.355 e. The minimum atomic E-state index is -0.0792. The van der Waals surface area contributed by atoms with E-state index in [1.807, 2.05) is 29.9 Å². The SMILES string of the molecule is Cc1cc2c(N3CCC(Cn4nc(-n5cccn5)ccc4=O)CC3)nccn2n1. The summed E-state index contributed by atoms with van der Waals surface area (Å²) in [6.07, 6.45) is 9.16. The molecule has 0 N–H and O–H groups in total. The highest BCUT2D eigenvalue weighted by molar-refractivity contribution is 5.69. The Bertz CT molecular complexity index is 1180. The van der Waals surface area contributed by atoms with Crippen molar-refractivity contribution in [3.8, 4) is 5.82 Å². The molecule has 4 aromatic rings. The number of anilines is 1. The van der Waals surface area contributed by atoms with Crippen LogP contribution in [0.1, 0.15) is 18.5 Å².